The van der Waals surface area contributed by atoms with Crippen LogP contribution in [0.15, 0.2) is 97.1 Å². The lowest BCUT2D eigenvalue weighted by Gasteiger charge is -2.03. The van der Waals surface area contributed by atoms with Crippen LogP contribution in [0.2, 0.25) is 0 Å². The molecule has 0 radical (unpaired) electrons. The summed E-state index contributed by atoms with van der Waals surface area (Å²) in [6, 6.07) is 29.0. The minimum Gasteiger partial charge on any atom is -0.508 e. The average molecular weight is 721 g/mol. The van der Waals surface area contributed by atoms with E-state index >= 15 is 0 Å². The van der Waals surface area contributed by atoms with E-state index in [0.717, 1.165) is 27.8 Å². The van der Waals surface area contributed by atoms with Gasteiger partial charge in [0.05, 0.1) is 21.3 Å². The molecule has 0 aromatic heterocycles. The largest absolute Gasteiger partial charge is 0.508 e. The predicted octanol–water partition coefficient (Wildman–Crippen LogP) is 7.28. The molecule has 11 heteroatoms. The lowest BCUT2D eigenvalue weighted by molar-refractivity contribution is -0.141. The number of rotatable bonds is 10. The Morgan fingerprint density at radius 3 is 1.38 bits per heavy atom. The zero-order valence-corrected chi connectivity index (χ0v) is 30.8. The number of benzene rings is 4. The van der Waals surface area contributed by atoms with Crippen molar-refractivity contribution in [2.24, 2.45) is 0 Å². The smallest absolute Gasteiger partial charge is 0.305 e. The van der Waals surface area contributed by atoms with E-state index in [-0.39, 0.29) is 35.8 Å². The Kier molecular flexibility index (Phi) is 24.8. The number of phenols is 3. The number of hydrogen-bond donors (Lipinski definition) is 4. The van der Waals surface area contributed by atoms with Gasteiger partial charge < -0.3 is 34.6 Å². The molecule has 52 heavy (non-hydrogen) atoms. The summed E-state index contributed by atoms with van der Waals surface area (Å²) in [5.74, 6) is -0.436. The fraction of sp³-hybridized carbons (Fsp3) is 0.317. The first-order valence-electron chi connectivity index (χ1n) is 16.5. The molecule has 0 saturated carbocycles. The molecule has 0 heterocycles. The molecule has 11 nitrogen and oxygen atoms in total. The first-order valence-corrected chi connectivity index (χ1v) is 16.5. The first-order chi connectivity index (χ1) is 24.8. The highest BCUT2D eigenvalue weighted by Crippen LogP contribution is 2.18. The molecule has 4 aromatic carbocycles. The highest BCUT2D eigenvalue weighted by molar-refractivity contribution is 5.70. The van der Waals surface area contributed by atoms with E-state index in [1.54, 1.807) is 43.3 Å². The number of aliphatic carboxylic acids is 1. The van der Waals surface area contributed by atoms with E-state index in [1.807, 2.05) is 74.5 Å². The minimum absolute atomic E-state index is 0.157. The summed E-state index contributed by atoms with van der Waals surface area (Å²) in [4.78, 5) is 41.8. The SMILES string of the molecule is CCC(=O)OC.COC(=O)CCc1ccc(O)c(C)c1.COC(=O)CCc1ccc(O)cc1.Cc1ccccc1O.O=C(O)CCc1ccccc1. The summed E-state index contributed by atoms with van der Waals surface area (Å²) in [7, 11) is 4.13. The fourth-order valence-corrected chi connectivity index (χ4v) is 3.84. The van der Waals surface area contributed by atoms with Crippen LogP contribution in [-0.2, 0) is 52.7 Å². The van der Waals surface area contributed by atoms with Crippen molar-refractivity contribution in [1.29, 1.82) is 0 Å². The van der Waals surface area contributed by atoms with Gasteiger partial charge in [0.15, 0.2) is 0 Å². The summed E-state index contributed by atoms with van der Waals surface area (Å²) in [5, 5.41) is 35.6. The molecular formula is C41H52O11. The number of esters is 3. The van der Waals surface area contributed by atoms with Crippen LogP contribution in [0.25, 0.3) is 0 Å². The summed E-state index contributed by atoms with van der Waals surface area (Å²) >= 11 is 0. The Morgan fingerprint density at radius 2 is 0.962 bits per heavy atom. The third-order valence-corrected chi connectivity index (χ3v) is 6.99. The molecule has 0 aliphatic carbocycles. The normalized spacial score (nSPS) is 9.35. The van der Waals surface area contributed by atoms with Crippen LogP contribution >= 0.6 is 0 Å². The monoisotopic (exact) mass is 720 g/mol. The van der Waals surface area contributed by atoms with Crippen molar-refractivity contribution >= 4 is 23.9 Å². The molecule has 0 bridgehead atoms. The van der Waals surface area contributed by atoms with Crippen molar-refractivity contribution in [3.63, 3.8) is 0 Å². The number of carbonyl (C=O) groups excluding carboxylic acids is 3. The third kappa shape index (κ3) is 23.5. The topological polar surface area (TPSA) is 177 Å². The number of ether oxygens (including phenoxy) is 3. The van der Waals surface area contributed by atoms with E-state index in [1.165, 1.54) is 21.3 Å². The highest BCUT2D eigenvalue weighted by Gasteiger charge is 2.03. The van der Waals surface area contributed by atoms with Crippen LogP contribution in [0.5, 0.6) is 17.2 Å². The minimum atomic E-state index is -0.742. The van der Waals surface area contributed by atoms with E-state index < -0.39 is 5.97 Å². The number of carboxylic acid groups (broad SMARTS) is 1. The number of phenolic OH excluding ortho intramolecular Hbond substituents is 3. The molecule has 0 fully saturated rings. The Bertz CT molecular complexity index is 1570. The van der Waals surface area contributed by atoms with E-state index in [2.05, 4.69) is 14.2 Å². The second kappa shape index (κ2) is 27.9. The van der Waals surface area contributed by atoms with Crippen LogP contribution in [0, 0.1) is 13.8 Å². The van der Waals surface area contributed by atoms with E-state index in [0.29, 0.717) is 44.3 Å². The van der Waals surface area contributed by atoms with E-state index in [4.69, 9.17) is 15.3 Å². The summed E-state index contributed by atoms with van der Waals surface area (Å²) in [5.41, 5.74) is 4.88. The number of aryl methyl sites for hydroxylation is 5. The maximum Gasteiger partial charge on any atom is 0.305 e. The Balaban J connectivity index is 0.000000643. The van der Waals surface area contributed by atoms with Gasteiger partial charge in [-0.2, -0.15) is 0 Å². The maximum atomic E-state index is 10.9. The molecule has 4 N–H and O–H groups in total. The van der Waals surface area contributed by atoms with Crippen LogP contribution in [0.4, 0.5) is 0 Å². The van der Waals surface area contributed by atoms with Gasteiger partial charge in [-0.3, -0.25) is 19.2 Å². The average Bonchev–Trinajstić information content (AvgIpc) is 3.16. The van der Waals surface area contributed by atoms with Gasteiger partial charge in [-0.25, -0.2) is 0 Å². The predicted molar refractivity (Wildman–Crippen MR) is 199 cm³/mol. The Hall–Kier alpha value is -5.84. The van der Waals surface area contributed by atoms with Crippen molar-refractivity contribution < 1.29 is 53.8 Å². The van der Waals surface area contributed by atoms with Crippen molar-refractivity contribution in [3.05, 3.63) is 125 Å². The Labute approximate surface area is 306 Å². The van der Waals surface area contributed by atoms with Gasteiger partial charge in [0.1, 0.15) is 17.2 Å². The number of para-hydroxylation sites is 1. The molecule has 0 atom stereocenters. The fourth-order valence-electron chi connectivity index (χ4n) is 3.84. The lowest BCUT2D eigenvalue weighted by Crippen LogP contribution is -2.01. The van der Waals surface area contributed by atoms with Gasteiger partial charge in [-0.1, -0.05) is 79.7 Å². The third-order valence-electron chi connectivity index (χ3n) is 6.99. The van der Waals surface area contributed by atoms with Crippen LogP contribution in [0.3, 0.4) is 0 Å². The zero-order valence-electron chi connectivity index (χ0n) is 30.8. The van der Waals surface area contributed by atoms with Crippen molar-refractivity contribution in [2.45, 2.75) is 65.7 Å². The highest BCUT2D eigenvalue weighted by atomic mass is 16.5. The van der Waals surface area contributed by atoms with Gasteiger partial charge in [-0.15, -0.1) is 0 Å². The molecule has 0 aliphatic rings. The quantitative estimate of drug-likeness (QED) is 0.0957. The van der Waals surface area contributed by atoms with E-state index in [9.17, 15) is 24.3 Å². The number of aromatic hydroxyl groups is 3. The van der Waals surface area contributed by atoms with Crippen molar-refractivity contribution in [1.82, 2.24) is 0 Å². The van der Waals surface area contributed by atoms with Gasteiger partial charge >= 0.3 is 23.9 Å². The number of methoxy groups -OCH3 is 3. The number of carboxylic acids is 1. The van der Waals surface area contributed by atoms with Crippen LogP contribution in [-0.4, -0.2) is 65.6 Å². The van der Waals surface area contributed by atoms with Gasteiger partial charge in [0.25, 0.3) is 0 Å². The summed E-state index contributed by atoms with van der Waals surface area (Å²) < 4.78 is 13.3. The first kappa shape index (κ1) is 46.2. The number of hydrogen-bond acceptors (Lipinski definition) is 10. The van der Waals surface area contributed by atoms with Crippen LogP contribution < -0.4 is 0 Å². The summed E-state index contributed by atoms with van der Waals surface area (Å²) in [6.07, 6.45) is 3.35. The second-order valence-electron chi connectivity index (χ2n) is 11.0. The molecule has 0 saturated heterocycles. The molecule has 4 aromatic rings. The van der Waals surface area contributed by atoms with Crippen molar-refractivity contribution in [3.8, 4) is 17.2 Å². The lowest BCUT2D eigenvalue weighted by atomic mass is 10.1. The molecule has 4 rings (SSSR count). The zero-order chi connectivity index (χ0) is 39.3. The maximum absolute atomic E-state index is 10.9. The molecule has 282 valence electrons. The molecule has 0 amide bonds. The van der Waals surface area contributed by atoms with Gasteiger partial charge in [-0.05, 0) is 85.2 Å². The van der Waals surface area contributed by atoms with Gasteiger partial charge in [0.2, 0.25) is 0 Å². The standard InChI is InChI=1S/C11H14O3.C10H12O3.C9H10O2.C7H8O.C4H8O2/c1-8-7-9(3-5-10(8)12)4-6-11(13)14-2;1-13-10(12)7-4-8-2-5-9(11)6-3-8;10-9(11)7-6-8-4-2-1-3-5-8;1-6-4-2-3-5-7(6)8;1-3-4(5)6-2/h3,5,7,12H,4,6H2,1-2H3;2-3,5-6,11H,4,7H2,1H3;1-5H,6-7H2,(H,10,11);2-5,8H,1H3;3H2,1-2H3. The van der Waals surface area contributed by atoms with Crippen molar-refractivity contribution in [2.75, 3.05) is 21.3 Å². The second-order valence-corrected chi connectivity index (χ2v) is 11.0. The molecule has 0 spiro atoms. The summed E-state index contributed by atoms with van der Waals surface area (Å²) in [6.45, 7) is 5.46. The molecule has 0 unspecified atom stereocenters. The number of carbonyl (C=O) groups is 4. The van der Waals surface area contributed by atoms with Gasteiger partial charge in [0, 0.05) is 25.7 Å². The van der Waals surface area contributed by atoms with Crippen LogP contribution in [0.1, 0.15) is 60.4 Å². The Morgan fingerprint density at radius 1 is 0.519 bits per heavy atom. The molecular weight excluding hydrogens is 668 g/mol. The molecule has 0 aliphatic heterocycles.